The van der Waals surface area contributed by atoms with Crippen molar-refractivity contribution in [2.75, 3.05) is 19.6 Å². The Labute approximate surface area is 124 Å². The van der Waals surface area contributed by atoms with Crippen molar-refractivity contribution in [2.24, 2.45) is 5.73 Å². The van der Waals surface area contributed by atoms with Crippen LogP contribution in [-0.2, 0) is 17.8 Å². The molecule has 0 bridgehead atoms. The van der Waals surface area contributed by atoms with Crippen LogP contribution in [0.3, 0.4) is 0 Å². The average Bonchev–Trinajstić information content (AvgIpc) is 3.03. The van der Waals surface area contributed by atoms with Gasteiger partial charge in [-0.25, -0.2) is 0 Å². The van der Waals surface area contributed by atoms with Crippen LogP contribution in [0.15, 0.2) is 42.7 Å². The summed E-state index contributed by atoms with van der Waals surface area (Å²) in [6.45, 7) is 2.30. The smallest absolute Gasteiger partial charge is 0.224 e. The Bertz CT molecular complexity index is 526. The maximum atomic E-state index is 12.3. The Morgan fingerprint density at radius 2 is 2.05 bits per heavy atom. The van der Waals surface area contributed by atoms with Crippen molar-refractivity contribution >= 4 is 5.91 Å². The Morgan fingerprint density at radius 1 is 1.24 bits per heavy atom. The molecule has 0 unspecified atom stereocenters. The monoisotopic (exact) mass is 287 g/mol. The fraction of sp³-hybridized carbons (Fsp3) is 0.400. The van der Waals surface area contributed by atoms with E-state index >= 15 is 0 Å². The van der Waals surface area contributed by atoms with Gasteiger partial charge in [-0.2, -0.15) is 0 Å². The highest BCUT2D eigenvalue weighted by molar-refractivity contribution is 5.76. The number of carbonyl (C=O) groups excluding carboxylic acids is 1. The molecule has 0 saturated heterocycles. The van der Waals surface area contributed by atoms with Crippen molar-refractivity contribution < 1.29 is 4.79 Å². The van der Waals surface area contributed by atoms with Gasteiger partial charge >= 0.3 is 0 Å². The fourth-order valence-corrected chi connectivity index (χ4v) is 2.15. The van der Waals surface area contributed by atoms with Gasteiger partial charge in [0.1, 0.15) is 0 Å². The Balaban J connectivity index is 1.83. The Kier molecular flexibility index (Phi) is 5.90. The van der Waals surface area contributed by atoms with Gasteiger partial charge in [0.2, 0.25) is 5.91 Å². The molecule has 0 aliphatic rings. The van der Waals surface area contributed by atoms with E-state index in [-0.39, 0.29) is 5.91 Å². The number of rotatable bonds is 8. The van der Waals surface area contributed by atoms with Crippen LogP contribution >= 0.6 is 0 Å². The van der Waals surface area contributed by atoms with Gasteiger partial charge < -0.3 is 10.6 Å². The molecule has 2 N–H and O–H groups in total. The van der Waals surface area contributed by atoms with Crippen molar-refractivity contribution in [3.8, 4) is 0 Å². The van der Waals surface area contributed by atoms with E-state index in [0.29, 0.717) is 32.6 Å². The van der Waals surface area contributed by atoms with Crippen molar-refractivity contribution in [1.82, 2.24) is 19.9 Å². The van der Waals surface area contributed by atoms with Gasteiger partial charge in [0.25, 0.3) is 0 Å². The Hall–Kier alpha value is -2.21. The van der Waals surface area contributed by atoms with Crippen LogP contribution in [0.1, 0.15) is 12.0 Å². The van der Waals surface area contributed by atoms with Crippen molar-refractivity contribution in [3.05, 3.63) is 48.3 Å². The quantitative estimate of drug-likeness (QED) is 0.775. The normalized spacial score (nSPS) is 10.5. The molecule has 0 radical (unpaired) electrons. The minimum atomic E-state index is 0.104. The first-order valence-corrected chi connectivity index (χ1v) is 7.15. The van der Waals surface area contributed by atoms with E-state index in [9.17, 15) is 4.79 Å². The molecule has 6 nitrogen and oxygen atoms in total. The van der Waals surface area contributed by atoms with Gasteiger partial charge in [-0.05, 0) is 12.0 Å². The molecule has 0 saturated carbocycles. The molecule has 1 aromatic carbocycles. The first-order valence-electron chi connectivity index (χ1n) is 7.15. The number of amides is 1. The van der Waals surface area contributed by atoms with Crippen LogP contribution in [-0.4, -0.2) is 45.4 Å². The topological polar surface area (TPSA) is 77.0 Å². The molecule has 0 fully saturated rings. The van der Waals surface area contributed by atoms with Crippen molar-refractivity contribution in [2.45, 2.75) is 19.4 Å². The molecule has 0 spiro atoms. The van der Waals surface area contributed by atoms with Gasteiger partial charge in [0.05, 0.1) is 12.7 Å². The number of aryl methyl sites for hydroxylation is 1. The van der Waals surface area contributed by atoms with Crippen LogP contribution in [0.4, 0.5) is 0 Å². The zero-order valence-corrected chi connectivity index (χ0v) is 12.1. The molecule has 6 heteroatoms. The van der Waals surface area contributed by atoms with E-state index in [4.69, 9.17) is 5.73 Å². The molecule has 0 aliphatic carbocycles. The maximum Gasteiger partial charge on any atom is 0.224 e. The van der Waals surface area contributed by atoms with Gasteiger partial charge in [-0.1, -0.05) is 35.5 Å². The molecule has 1 heterocycles. The van der Waals surface area contributed by atoms with Crippen LogP contribution in [0, 0.1) is 0 Å². The van der Waals surface area contributed by atoms with Crippen molar-refractivity contribution in [3.63, 3.8) is 0 Å². The van der Waals surface area contributed by atoms with E-state index in [0.717, 1.165) is 6.42 Å². The minimum Gasteiger partial charge on any atom is -0.341 e. The van der Waals surface area contributed by atoms with Gasteiger partial charge in [-0.3, -0.25) is 9.48 Å². The second-order valence-electron chi connectivity index (χ2n) is 4.82. The molecule has 0 aliphatic heterocycles. The minimum absolute atomic E-state index is 0.104. The first-order chi connectivity index (χ1) is 10.3. The lowest BCUT2D eigenvalue weighted by Gasteiger charge is -2.22. The molecule has 2 aromatic rings. The molecular weight excluding hydrogens is 266 g/mol. The molecular formula is C15H21N5O. The molecule has 112 valence electrons. The van der Waals surface area contributed by atoms with Gasteiger partial charge in [0, 0.05) is 32.3 Å². The highest BCUT2D eigenvalue weighted by atomic mass is 16.2. The van der Waals surface area contributed by atoms with E-state index < -0.39 is 0 Å². The summed E-state index contributed by atoms with van der Waals surface area (Å²) in [5.41, 5.74) is 6.83. The molecule has 1 aromatic heterocycles. The predicted molar refractivity (Wildman–Crippen MR) is 80.4 cm³/mol. The summed E-state index contributed by atoms with van der Waals surface area (Å²) in [5.74, 6) is 0.104. The summed E-state index contributed by atoms with van der Waals surface area (Å²) in [5, 5.41) is 7.58. The molecule has 0 atom stereocenters. The lowest BCUT2D eigenvalue weighted by atomic mass is 10.1. The third-order valence-electron chi connectivity index (χ3n) is 3.29. The maximum absolute atomic E-state index is 12.3. The summed E-state index contributed by atoms with van der Waals surface area (Å²) in [6, 6.07) is 10.1. The number of aromatic nitrogens is 3. The summed E-state index contributed by atoms with van der Waals surface area (Å²) in [4.78, 5) is 14.1. The number of benzene rings is 1. The molecule has 2 rings (SSSR count). The van der Waals surface area contributed by atoms with Crippen molar-refractivity contribution in [1.29, 1.82) is 0 Å². The van der Waals surface area contributed by atoms with Crippen LogP contribution in [0.2, 0.25) is 0 Å². The lowest BCUT2D eigenvalue weighted by Crippen LogP contribution is -2.37. The van der Waals surface area contributed by atoms with E-state index in [1.54, 1.807) is 17.1 Å². The van der Waals surface area contributed by atoms with E-state index in [1.807, 2.05) is 23.1 Å². The van der Waals surface area contributed by atoms with E-state index in [2.05, 4.69) is 22.4 Å². The zero-order chi connectivity index (χ0) is 14.9. The fourth-order valence-electron chi connectivity index (χ4n) is 2.15. The largest absolute Gasteiger partial charge is 0.341 e. The second-order valence-corrected chi connectivity index (χ2v) is 4.82. The number of hydrogen-bond acceptors (Lipinski definition) is 4. The lowest BCUT2D eigenvalue weighted by molar-refractivity contribution is -0.131. The van der Waals surface area contributed by atoms with Crippen LogP contribution in [0.25, 0.3) is 0 Å². The highest BCUT2D eigenvalue weighted by Gasteiger charge is 2.12. The van der Waals surface area contributed by atoms with E-state index in [1.165, 1.54) is 5.56 Å². The number of nitrogens with two attached hydrogens (primary N) is 1. The standard InChI is InChI=1S/C15H21N5O/c16-8-12-19(10-6-14-4-2-1-3-5-14)15(21)7-11-20-13-9-17-18-20/h1-5,9,13H,6-8,10-12,16H2. The third-order valence-corrected chi connectivity index (χ3v) is 3.29. The number of nitrogens with zero attached hydrogens (tertiary/aromatic N) is 4. The first kappa shape index (κ1) is 15.2. The van der Waals surface area contributed by atoms with Crippen LogP contribution in [0.5, 0.6) is 0 Å². The molecule has 21 heavy (non-hydrogen) atoms. The van der Waals surface area contributed by atoms with Gasteiger partial charge in [-0.15, -0.1) is 5.10 Å². The van der Waals surface area contributed by atoms with Gasteiger partial charge in [0.15, 0.2) is 0 Å². The summed E-state index contributed by atoms with van der Waals surface area (Å²) >= 11 is 0. The predicted octanol–water partition coefficient (Wildman–Crippen LogP) is 0.698. The average molecular weight is 287 g/mol. The SMILES string of the molecule is NCCN(CCc1ccccc1)C(=O)CCn1ccnn1. The Morgan fingerprint density at radius 3 is 2.71 bits per heavy atom. The second kappa shape index (κ2) is 8.16. The number of hydrogen-bond donors (Lipinski definition) is 1. The van der Waals surface area contributed by atoms with Crippen LogP contribution < -0.4 is 5.73 Å². The molecule has 1 amide bonds. The highest BCUT2D eigenvalue weighted by Crippen LogP contribution is 2.03. The number of carbonyl (C=O) groups is 1. The third kappa shape index (κ3) is 5.00. The summed E-state index contributed by atoms with van der Waals surface area (Å²) in [7, 11) is 0. The summed E-state index contributed by atoms with van der Waals surface area (Å²) in [6.07, 6.45) is 4.62. The zero-order valence-electron chi connectivity index (χ0n) is 12.1. The summed E-state index contributed by atoms with van der Waals surface area (Å²) < 4.78 is 1.66.